The van der Waals surface area contributed by atoms with Gasteiger partial charge < -0.3 is 10.2 Å². The molecule has 0 atom stereocenters. The second-order valence-corrected chi connectivity index (χ2v) is 9.81. The van der Waals surface area contributed by atoms with Gasteiger partial charge in [-0.25, -0.2) is 8.42 Å². The fourth-order valence-electron chi connectivity index (χ4n) is 3.60. The van der Waals surface area contributed by atoms with Crippen LogP contribution in [0.5, 0.6) is 0 Å². The molecule has 2 aromatic rings. The number of nitrogens with zero attached hydrogens (tertiary/aromatic N) is 2. The lowest BCUT2D eigenvalue weighted by Crippen LogP contribution is -2.50. The second-order valence-electron chi connectivity index (χ2n) is 7.79. The molecule has 0 saturated carbocycles. The van der Waals surface area contributed by atoms with Crippen molar-refractivity contribution in [2.75, 3.05) is 44.3 Å². The molecule has 1 aliphatic rings. The standard InChI is InChI=1S/C22H27N3O4S/c1-16-11-17(2)13-18(12-16)22(27)25-9-7-24(8-10-25)15-21(26)23-19-5-4-6-20(14-19)30(3,28)29/h4-6,11-14H,7-10,15H2,1-3H3,(H,23,26). The molecule has 1 aliphatic heterocycles. The number of hydrogen-bond donors (Lipinski definition) is 1. The molecule has 160 valence electrons. The first kappa shape index (κ1) is 22.0. The van der Waals surface area contributed by atoms with Crippen molar-refractivity contribution >= 4 is 27.3 Å². The summed E-state index contributed by atoms with van der Waals surface area (Å²) in [5, 5.41) is 2.75. The zero-order chi connectivity index (χ0) is 21.9. The van der Waals surface area contributed by atoms with Gasteiger partial charge in [0, 0.05) is 43.7 Å². The minimum atomic E-state index is -3.33. The van der Waals surface area contributed by atoms with Gasteiger partial charge in [0.25, 0.3) is 5.91 Å². The predicted octanol–water partition coefficient (Wildman–Crippen LogP) is 2.10. The third-order valence-corrected chi connectivity index (χ3v) is 6.15. The summed E-state index contributed by atoms with van der Waals surface area (Å²) >= 11 is 0. The van der Waals surface area contributed by atoms with Crippen LogP contribution >= 0.6 is 0 Å². The van der Waals surface area contributed by atoms with Crippen LogP contribution in [0.3, 0.4) is 0 Å². The first-order valence-corrected chi connectivity index (χ1v) is 11.7. The van der Waals surface area contributed by atoms with Crippen LogP contribution in [0.1, 0.15) is 21.5 Å². The number of carbonyl (C=O) groups excluding carboxylic acids is 2. The van der Waals surface area contributed by atoms with Crippen LogP contribution in [0.4, 0.5) is 5.69 Å². The van der Waals surface area contributed by atoms with E-state index in [1.54, 1.807) is 12.1 Å². The Morgan fingerprint density at radius 1 is 0.967 bits per heavy atom. The Bertz CT molecular complexity index is 1040. The van der Waals surface area contributed by atoms with Gasteiger partial charge in [-0.1, -0.05) is 23.3 Å². The van der Waals surface area contributed by atoms with E-state index in [0.717, 1.165) is 17.4 Å². The SMILES string of the molecule is Cc1cc(C)cc(C(=O)N2CCN(CC(=O)Nc3cccc(S(C)(=O)=O)c3)CC2)c1. The number of amides is 2. The first-order valence-electron chi connectivity index (χ1n) is 9.82. The van der Waals surface area contributed by atoms with E-state index in [2.05, 4.69) is 5.32 Å². The number of anilines is 1. The number of benzene rings is 2. The van der Waals surface area contributed by atoms with Gasteiger partial charge in [-0.05, 0) is 44.2 Å². The molecule has 2 aromatic carbocycles. The maximum Gasteiger partial charge on any atom is 0.253 e. The molecule has 3 rings (SSSR count). The normalized spacial score (nSPS) is 15.1. The van der Waals surface area contributed by atoms with Crippen molar-refractivity contribution in [2.45, 2.75) is 18.7 Å². The fourth-order valence-corrected chi connectivity index (χ4v) is 4.26. The van der Waals surface area contributed by atoms with E-state index in [0.29, 0.717) is 37.4 Å². The highest BCUT2D eigenvalue weighted by Crippen LogP contribution is 2.16. The molecular weight excluding hydrogens is 402 g/mol. The minimum Gasteiger partial charge on any atom is -0.336 e. The monoisotopic (exact) mass is 429 g/mol. The molecule has 0 bridgehead atoms. The molecule has 2 amide bonds. The van der Waals surface area contributed by atoms with Gasteiger partial charge >= 0.3 is 0 Å². The van der Waals surface area contributed by atoms with E-state index in [4.69, 9.17) is 0 Å². The summed E-state index contributed by atoms with van der Waals surface area (Å²) in [6.07, 6.45) is 1.13. The summed E-state index contributed by atoms with van der Waals surface area (Å²) in [6, 6.07) is 12.1. The number of carbonyl (C=O) groups is 2. The molecule has 7 nitrogen and oxygen atoms in total. The third kappa shape index (κ3) is 5.67. The summed E-state index contributed by atoms with van der Waals surface area (Å²) in [5.74, 6) is -0.196. The minimum absolute atomic E-state index is 0.0171. The molecule has 1 heterocycles. The van der Waals surface area contributed by atoms with Gasteiger partial charge in [0.1, 0.15) is 0 Å². The van der Waals surface area contributed by atoms with E-state index in [1.807, 2.05) is 41.8 Å². The van der Waals surface area contributed by atoms with Gasteiger partial charge in [-0.15, -0.1) is 0 Å². The summed E-state index contributed by atoms with van der Waals surface area (Å²) in [5.41, 5.74) is 3.28. The van der Waals surface area contributed by atoms with Gasteiger partial charge in [-0.3, -0.25) is 14.5 Å². The molecule has 0 spiro atoms. The zero-order valence-electron chi connectivity index (χ0n) is 17.5. The van der Waals surface area contributed by atoms with Crippen LogP contribution in [0.15, 0.2) is 47.4 Å². The Morgan fingerprint density at radius 3 is 2.20 bits per heavy atom. The summed E-state index contributed by atoms with van der Waals surface area (Å²) < 4.78 is 23.3. The Morgan fingerprint density at radius 2 is 1.60 bits per heavy atom. The fraction of sp³-hybridized carbons (Fsp3) is 0.364. The Balaban J connectivity index is 1.53. The van der Waals surface area contributed by atoms with Crippen LogP contribution < -0.4 is 5.32 Å². The van der Waals surface area contributed by atoms with E-state index in [-0.39, 0.29) is 23.3 Å². The Kier molecular flexibility index (Phi) is 6.58. The van der Waals surface area contributed by atoms with Crippen LogP contribution in [0, 0.1) is 13.8 Å². The van der Waals surface area contributed by atoms with Crippen molar-refractivity contribution in [1.29, 1.82) is 0 Å². The lowest BCUT2D eigenvalue weighted by Gasteiger charge is -2.34. The average Bonchev–Trinajstić information content (AvgIpc) is 2.67. The smallest absolute Gasteiger partial charge is 0.253 e. The Hall–Kier alpha value is -2.71. The number of rotatable bonds is 5. The number of nitrogens with one attached hydrogen (secondary N) is 1. The number of hydrogen-bond acceptors (Lipinski definition) is 5. The zero-order valence-corrected chi connectivity index (χ0v) is 18.3. The van der Waals surface area contributed by atoms with Crippen LogP contribution in [0.25, 0.3) is 0 Å². The van der Waals surface area contributed by atoms with Gasteiger partial charge in [0.15, 0.2) is 9.84 Å². The molecule has 1 N–H and O–H groups in total. The number of aryl methyl sites for hydroxylation is 2. The molecule has 1 saturated heterocycles. The van der Waals surface area contributed by atoms with Crippen molar-refractivity contribution in [1.82, 2.24) is 9.80 Å². The molecule has 0 aromatic heterocycles. The topological polar surface area (TPSA) is 86.8 Å². The molecule has 1 fully saturated rings. The Labute approximate surface area is 177 Å². The van der Waals surface area contributed by atoms with Gasteiger partial charge in [-0.2, -0.15) is 0 Å². The van der Waals surface area contributed by atoms with E-state index >= 15 is 0 Å². The van der Waals surface area contributed by atoms with E-state index in [9.17, 15) is 18.0 Å². The summed E-state index contributed by atoms with van der Waals surface area (Å²) in [7, 11) is -3.33. The highest BCUT2D eigenvalue weighted by molar-refractivity contribution is 7.90. The lowest BCUT2D eigenvalue weighted by atomic mass is 10.1. The van der Waals surface area contributed by atoms with Crippen molar-refractivity contribution in [2.24, 2.45) is 0 Å². The highest BCUT2D eigenvalue weighted by atomic mass is 32.2. The van der Waals surface area contributed by atoms with Crippen molar-refractivity contribution in [3.63, 3.8) is 0 Å². The summed E-state index contributed by atoms with van der Waals surface area (Å²) in [6.45, 7) is 6.47. The number of piperazine rings is 1. The summed E-state index contributed by atoms with van der Waals surface area (Å²) in [4.78, 5) is 29.1. The van der Waals surface area contributed by atoms with E-state index in [1.165, 1.54) is 12.1 Å². The largest absolute Gasteiger partial charge is 0.336 e. The van der Waals surface area contributed by atoms with Crippen molar-refractivity contribution in [3.8, 4) is 0 Å². The molecule has 8 heteroatoms. The molecule has 30 heavy (non-hydrogen) atoms. The molecule has 0 unspecified atom stereocenters. The highest BCUT2D eigenvalue weighted by Gasteiger charge is 2.23. The van der Waals surface area contributed by atoms with E-state index < -0.39 is 9.84 Å². The van der Waals surface area contributed by atoms with Crippen LogP contribution in [-0.2, 0) is 14.6 Å². The maximum atomic E-state index is 12.8. The second kappa shape index (κ2) is 8.97. The lowest BCUT2D eigenvalue weighted by molar-refractivity contribution is -0.117. The third-order valence-electron chi connectivity index (χ3n) is 5.04. The van der Waals surface area contributed by atoms with Crippen LogP contribution in [-0.4, -0.2) is 69.0 Å². The van der Waals surface area contributed by atoms with Crippen LogP contribution in [0.2, 0.25) is 0 Å². The molecule has 0 aliphatic carbocycles. The van der Waals surface area contributed by atoms with Gasteiger partial charge in [0.05, 0.1) is 11.4 Å². The van der Waals surface area contributed by atoms with Gasteiger partial charge in [0.2, 0.25) is 5.91 Å². The first-order chi connectivity index (χ1) is 14.1. The number of sulfone groups is 1. The average molecular weight is 430 g/mol. The molecular formula is C22H27N3O4S. The molecule has 0 radical (unpaired) electrons. The predicted molar refractivity (Wildman–Crippen MR) is 116 cm³/mol. The van der Waals surface area contributed by atoms with Crippen molar-refractivity contribution < 1.29 is 18.0 Å². The quantitative estimate of drug-likeness (QED) is 0.787. The maximum absolute atomic E-state index is 12.8. The van der Waals surface area contributed by atoms with Crippen molar-refractivity contribution in [3.05, 3.63) is 59.2 Å².